The summed E-state index contributed by atoms with van der Waals surface area (Å²) in [6.07, 6.45) is -3.09. The molecule has 0 unspecified atom stereocenters. The summed E-state index contributed by atoms with van der Waals surface area (Å²) in [5, 5.41) is 12.9. The highest BCUT2D eigenvalue weighted by atomic mass is 19.4. The van der Waals surface area contributed by atoms with E-state index in [4.69, 9.17) is 4.74 Å². The maximum absolute atomic E-state index is 12.6. The molecule has 3 aromatic rings. The van der Waals surface area contributed by atoms with Crippen molar-refractivity contribution in [2.75, 3.05) is 5.32 Å². The van der Waals surface area contributed by atoms with Crippen LogP contribution in [0.3, 0.4) is 0 Å². The molecule has 0 radical (unpaired) electrons. The Labute approximate surface area is 144 Å². The molecule has 1 N–H and O–H groups in total. The second kappa shape index (κ2) is 7.17. The van der Waals surface area contributed by atoms with Crippen molar-refractivity contribution in [1.29, 1.82) is 0 Å². The molecule has 0 aliphatic heterocycles. The van der Waals surface area contributed by atoms with Crippen LogP contribution in [-0.4, -0.2) is 31.3 Å². The van der Waals surface area contributed by atoms with Crippen molar-refractivity contribution in [2.45, 2.75) is 12.8 Å². The van der Waals surface area contributed by atoms with Crippen LogP contribution < -0.4 is 5.32 Å². The zero-order valence-electron chi connectivity index (χ0n) is 13.0. The van der Waals surface area contributed by atoms with Crippen LogP contribution >= 0.6 is 0 Å². The van der Waals surface area contributed by atoms with Gasteiger partial charge in [-0.05, 0) is 40.3 Å². The minimum absolute atomic E-state index is 0.0965. The van der Waals surface area contributed by atoms with E-state index in [1.165, 1.54) is 11.0 Å². The summed E-state index contributed by atoms with van der Waals surface area (Å²) in [6, 6.07) is 8.42. The lowest BCUT2D eigenvalue weighted by Crippen LogP contribution is -2.15. The lowest BCUT2D eigenvalue weighted by molar-refractivity contribution is -0.137. The first-order chi connectivity index (χ1) is 12.4. The quantitative estimate of drug-likeness (QED) is 0.765. The zero-order valence-corrected chi connectivity index (χ0v) is 13.0. The van der Waals surface area contributed by atoms with Gasteiger partial charge in [-0.15, -0.1) is 5.10 Å². The maximum atomic E-state index is 12.6. The molecule has 2 heterocycles. The number of hydrogen-bond acceptors (Lipinski definition) is 6. The highest BCUT2D eigenvalue weighted by Crippen LogP contribution is 2.29. The van der Waals surface area contributed by atoms with Gasteiger partial charge in [-0.3, -0.25) is 5.32 Å². The molecule has 0 aliphatic rings. The van der Waals surface area contributed by atoms with Gasteiger partial charge < -0.3 is 4.74 Å². The Bertz CT molecular complexity index is 898. The zero-order chi connectivity index (χ0) is 18.6. The Balaban J connectivity index is 1.60. The second-order valence-corrected chi connectivity index (χ2v) is 5.05. The number of pyridine rings is 1. The van der Waals surface area contributed by atoms with Crippen LogP contribution in [0.4, 0.5) is 23.8 Å². The first-order valence-electron chi connectivity index (χ1n) is 7.21. The summed E-state index contributed by atoms with van der Waals surface area (Å²) >= 11 is 0. The molecular formula is C15H11F3N6O2. The predicted octanol–water partition coefficient (Wildman–Crippen LogP) is 2.82. The summed E-state index contributed by atoms with van der Waals surface area (Å²) in [6.45, 7) is -0.0965. The van der Waals surface area contributed by atoms with Crippen molar-refractivity contribution in [3.8, 4) is 5.69 Å². The van der Waals surface area contributed by atoms with Crippen molar-refractivity contribution in [1.82, 2.24) is 25.2 Å². The van der Waals surface area contributed by atoms with E-state index in [9.17, 15) is 18.0 Å². The number of nitrogens with one attached hydrogen (secondary N) is 1. The van der Waals surface area contributed by atoms with Gasteiger partial charge in [-0.1, -0.05) is 12.1 Å². The van der Waals surface area contributed by atoms with Crippen LogP contribution in [0.1, 0.15) is 11.1 Å². The number of aromatic nitrogens is 5. The number of carbonyl (C=O) groups excluding carboxylic acids is 1. The number of ether oxygens (including phenoxy) is 1. The number of anilines is 1. The fourth-order valence-electron chi connectivity index (χ4n) is 2.03. The minimum atomic E-state index is -4.53. The molecule has 0 spiro atoms. The molecule has 134 valence electrons. The van der Waals surface area contributed by atoms with Crippen LogP contribution in [-0.2, 0) is 17.5 Å². The molecular weight excluding hydrogens is 353 g/mol. The van der Waals surface area contributed by atoms with Gasteiger partial charge in [-0.2, -0.15) is 13.2 Å². The van der Waals surface area contributed by atoms with Gasteiger partial charge in [0.25, 0.3) is 0 Å². The molecule has 3 rings (SSSR count). The predicted molar refractivity (Wildman–Crippen MR) is 82.2 cm³/mol. The maximum Gasteiger partial charge on any atom is 0.416 e. The van der Waals surface area contributed by atoms with Gasteiger partial charge in [0.2, 0.25) is 0 Å². The molecule has 1 aromatic carbocycles. The smallest absolute Gasteiger partial charge is 0.416 e. The van der Waals surface area contributed by atoms with Gasteiger partial charge in [0.1, 0.15) is 18.8 Å². The summed E-state index contributed by atoms with van der Waals surface area (Å²) in [5.74, 6) is -0.257. The number of benzene rings is 1. The Morgan fingerprint density at radius 1 is 1.23 bits per heavy atom. The molecule has 8 nitrogen and oxygen atoms in total. The Morgan fingerprint density at radius 3 is 2.81 bits per heavy atom. The number of hydrogen-bond donors (Lipinski definition) is 1. The van der Waals surface area contributed by atoms with Crippen molar-refractivity contribution >= 4 is 11.9 Å². The molecule has 0 bridgehead atoms. The molecule has 1 amide bonds. The molecule has 0 fully saturated rings. The van der Waals surface area contributed by atoms with E-state index in [1.807, 2.05) is 0 Å². The molecule has 26 heavy (non-hydrogen) atoms. The monoisotopic (exact) mass is 364 g/mol. The fourth-order valence-corrected chi connectivity index (χ4v) is 2.03. The van der Waals surface area contributed by atoms with Crippen LogP contribution in [0, 0.1) is 0 Å². The number of alkyl halides is 3. The topological polar surface area (TPSA) is 94.8 Å². The molecule has 0 aliphatic carbocycles. The van der Waals surface area contributed by atoms with Crippen LogP contribution in [0.2, 0.25) is 0 Å². The third-order valence-electron chi connectivity index (χ3n) is 3.21. The first kappa shape index (κ1) is 17.3. The van der Waals surface area contributed by atoms with Gasteiger partial charge in [0, 0.05) is 6.20 Å². The SMILES string of the molecule is O=C(Nc1cc(C(F)(F)F)ccn1)OCc1cccc(-n2cnnn2)c1. The lowest BCUT2D eigenvalue weighted by Gasteiger charge is -2.10. The third-order valence-corrected chi connectivity index (χ3v) is 3.21. The normalized spacial score (nSPS) is 11.2. The molecule has 0 saturated carbocycles. The van der Waals surface area contributed by atoms with E-state index in [1.54, 1.807) is 24.3 Å². The van der Waals surface area contributed by atoms with E-state index in [0.717, 1.165) is 18.3 Å². The molecule has 0 saturated heterocycles. The summed E-state index contributed by atoms with van der Waals surface area (Å²) < 4.78 is 44.3. The van der Waals surface area contributed by atoms with E-state index in [-0.39, 0.29) is 12.4 Å². The number of halogens is 3. The first-order valence-corrected chi connectivity index (χ1v) is 7.21. The average molecular weight is 364 g/mol. The number of carbonyl (C=O) groups is 1. The number of tetrazole rings is 1. The van der Waals surface area contributed by atoms with Crippen LogP contribution in [0.15, 0.2) is 48.9 Å². The van der Waals surface area contributed by atoms with E-state index in [2.05, 4.69) is 25.8 Å². The molecule has 11 heteroatoms. The van der Waals surface area contributed by atoms with Gasteiger partial charge in [0.05, 0.1) is 11.3 Å². The Morgan fingerprint density at radius 2 is 2.08 bits per heavy atom. The van der Waals surface area contributed by atoms with Crippen molar-refractivity contribution < 1.29 is 22.7 Å². The van der Waals surface area contributed by atoms with E-state index < -0.39 is 17.8 Å². The average Bonchev–Trinajstić information content (AvgIpc) is 3.14. The molecule has 2 aromatic heterocycles. The van der Waals surface area contributed by atoms with E-state index >= 15 is 0 Å². The van der Waals surface area contributed by atoms with Gasteiger partial charge >= 0.3 is 12.3 Å². The second-order valence-electron chi connectivity index (χ2n) is 5.05. The van der Waals surface area contributed by atoms with Crippen molar-refractivity contribution in [3.63, 3.8) is 0 Å². The highest BCUT2D eigenvalue weighted by molar-refractivity contribution is 5.83. The summed E-state index contributed by atoms with van der Waals surface area (Å²) in [4.78, 5) is 15.4. The Hall–Kier alpha value is -3.50. The Kier molecular flexibility index (Phi) is 4.78. The molecule has 0 atom stereocenters. The summed E-state index contributed by atoms with van der Waals surface area (Å²) in [7, 11) is 0. The number of rotatable bonds is 4. The summed E-state index contributed by atoms with van der Waals surface area (Å²) in [5.41, 5.74) is 0.387. The minimum Gasteiger partial charge on any atom is -0.444 e. The largest absolute Gasteiger partial charge is 0.444 e. The van der Waals surface area contributed by atoms with Crippen molar-refractivity contribution in [3.05, 3.63) is 60.0 Å². The van der Waals surface area contributed by atoms with E-state index in [0.29, 0.717) is 11.3 Å². The van der Waals surface area contributed by atoms with Gasteiger partial charge in [0.15, 0.2) is 0 Å². The number of nitrogens with zero attached hydrogens (tertiary/aromatic N) is 5. The lowest BCUT2D eigenvalue weighted by atomic mass is 10.2. The van der Waals surface area contributed by atoms with Crippen LogP contribution in [0.5, 0.6) is 0 Å². The highest BCUT2D eigenvalue weighted by Gasteiger charge is 2.30. The fraction of sp³-hybridized carbons (Fsp3) is 0.133. The number of amides is 1. The van der Waals surface area contributed by atoms with Crippen molar-refractivity contribution in [2.24, 2.45) is 0 Å². The third kappa shape index (κ3) is 4.32. The van der Waals surface area contributed by atoms with Crippen LogP contribution in [0.25, 0.3) is 5.69 Å². The standard InChI is InChI=1S/C15H11F3N6O2/c16-15(17,18)11-4-5-19-13(7-11)21-14(25)26-8-10-2-1-3-12(6-10)24-9-20-22-23-24/h1-7,9H,8H2,(H,19,21,25). The van der Waals surface area contributed by atoms with Gasteiger partial charge in [-0.25, -0.2) is 14.5 Å².